The quantitative estimate of drug-likeness (QED) is 0.439. The van der Waals surface area contributed by atoms with Gasteiger partial charge in [-0.1, -0.05) is 73.1 Å². The standard InChI is InChI=1S/C29H42N4O3/c1-8-12-14-21(13-9-2)28(36)33-18-19(5)29(6,7)25(33)27(35)31-23(17-30)16-22-15-20(10-3)24(11-4)32-26(22)34/h10-11,15,19,21,23,25H,3-4,8-9,12-14,16,18H2,1-2,5-7H3,(H,31,35)(H,32,34). The molecule has 7 nitrogen and oxygen atoms in total. The normalized spacial score (nSPS) is 20.3. The van der Waals surface area contributed by atoms with E-state index in [0.717, 1.165) is 32.1 Å². The lowest BCUT2D eigenvalue weighted by Crippen LogP contribution is -2.54. The fourth-order valence-electron chi connectivity index (χ4n) is 5.12. The topological polar surface area (TPSA) is 106 Å². The molecule has 1 aromatic rings. The van der Waals surface area contributed by atoms with Crippen molar-refractivity contribution in [3.8, 4) is 6.07 Å². The van der Waals surface area contributed by atoms with Gasteiger partial charge >= 0.3 is 0 Å². The zero-order valence-electron chi connectivity index (χ0n) is 22.5. The highest BCUT2D eigenvalue weighted by Crippen LogP contribution is 2.42. The lowest BCUT2D eigenvalue weighted by atomic mass is 9.77. The first-order valence-electron chi connectivity index (χ1n) is 13.1. The number of aromatic amines is 1. The maximum absolute atomic E-state index is 13.6. The highest BCUT2D eigenvalue weighted by atomic mass is 16.2. The number of hydrogen-bond acceptors (Lipinski definition) is 4. The molecule has 0 aliphatic carbocycles. The fraction of sp³-hybridized carbons (Fsp3) is 0.586. The van der Waals surface area contributed by atoms with E-state index in [9.17, 15) is 19.6 Å². The van der Waals surface area contributed by atoms with Crippen molar-refractivity contribution in [2.24, 2.45) is 17.3 Å². The van der Waals surface area contributed by atoms with E-state index in [0.29, 0.717) is 23.4 Å². The molecule has 2 N–H and O–H groups in total. The number of aromatic nitrogens is 1. The molecular formula is C29H42N4O3. The van der Waals surface area contributed by atoms with E-state index >= 15 is 0 Å². The van der Waals surface area contributed by atoms with Crippen LogP contribution in [0.5, 0.6) is 0 Å². The third-order valence-corrected chi connectivity index (χ3v) is 7.68. The van der Waals surface area contributed by atoms with Gasteiger partial charge in [-0.2, -0.15) is 5.26 Å². The number of unbranched alkanes of at least 4 members (excludes halogenated alkanes) is 1. The van der Waals surface area contributed by atoms with Gasteiger partial charge in [0.2, 0.25) is 11.8 Å². The zero-order chi connectivity index (χ0) is 27.0. The molecule has 2 amide bonds. The van der Waals surface area contributed by atoms with Crippen LogP contribution in [-0.4, -0.2) is 40.3 Å². The Morgan fingerprint density at radius 3 is 2.53 bits per heavy atom. The first kappa shape index (κ1) is 29.1. The average Bonchev–Trinajstić information content (AvgIpc) is 3.09. The Bertz CT molecular complexity index is 1070. The van der Waals surface area contributed by atoms with E-state index in [1.54, 1.807) is 17.0 Å². The molecule has 36 heavy (non-hydrogen) atoms. The van der Waals surface area contributed by atoms with Crippen molar-refractivity contribution in [3.63, 3.8) is 0 Å². The van der Waals surface area contributed by atoms with Gasteiger partial charge in [0.1, 0.15) is 12.1 Å². The molecule has 1 aliphatic heterocycles. The highest BCUT2D eigenvalue weighted by molar-refractivity contribution is 5.90. The van der Waals surface area contributed by atoms with Crippen LogP contribution in [0, 0.1) is 28.6 Å². The van der Waals surface area contributed by atoms with E-state index in [4.69, 9.17) is 0 Å². The van der Waals surface area contributed by atoms with Crippen LogP contribution < -0.4 is 10.9 Å². The van der Waals surface area contributed by atoms with Crippen LogP contribution in [-0.2, 0) is 16.0 Å². The van der Waals surface area contributed by atoms with Crippen LogP contribution in [0.3, 0.4) is 0 Å². The molecule has 0 aromatic carbocycles. The summed E-state index contributed by atoms with van der Waals surface area (Å²) >= 11 is 0. The van der Waals surface area contributed by atoms with Crippen molar-refractivity contribution in [1.29, 1.82) is 5.26 Å². The summed E-state index contributed by atoms with van der Waals surface area (Å²) in [5.74, 6) is -0.297. The molecule has 2 rings (SSSR count). The summed E-state index contributed by atoms with van der Waals surface area (Å²) in [5, 5.41) is 12.6. The number of pyridine rings is 1. The second-order valence-corrected chi connectivity index (χ2v) is 10.5. The van der Waals surface area contributed by atoms with Crippen LogP contribution in [0.1, 0.15) is 83.5 Å². The number of amides is 2. The van der Waals surface area contributed by atoms with Gasteiger partial charge in [0.25, 0.3) is 5.56 Å². The van der Waals surface area contributed by atoms with Crippen molar-refractivity contribution in [1.82, 2.24) is 15.2 Å². The van der Waals surface area contributed by atoms with E-state index in [1.807, 2.05) is 13.8 Å². The Morgan fingerprint density at radius 2 is 1.97 bits per heavy atom. The Balaban J connectivity index is 2.30. The Labute approximate surface area is 215 Å². The van der Waals surface area contributed by atoms with Gasteiger partial charge < -0.3 is 15.2 Å². The molecule has 0 radical (unpaired) electrons. The smallest absolute Gasteiger partial charge is 0.251 e. The van der Waals surface area contributed by atoms with Crippen LogP contribution in [0.4, 0.5) is 0 Å². The molecule has 4 unspecified atom stereocenters. The summed E-state index contributed by atoms with van der Waals surface area (Å²) in [6, 6.07) is 2.19. The second kappa shape index (κ2) is 12.7. The summed E-state index contributed by atoms with van der Waals surface area (Å²) in [6.45, 7) is 18.2. The number of H-pyrrole nitrogens is 1. The number of rotatable bonds is 12. The van der Waals surface area contributed by atoms with Gasteiger partial charge in [-0.3, -0.25) is 14.4 Å². The molecular weight excluding hydrogens is 452 g/mol. The predicted molar refractivity (Wildman–Crippen MR) is 145 cm³/mol. The Kier molecular flexibility index (Phi) is 10.3. The average molecular weight is 495 g/mol. The predicted octanol–water partition coefficient (Wildman–Crippen LogP) is 4.69. The van der Waals surface area contributed by atoms with Crippen molar-refractivity contribution in [3.05, 3.63) is 46.4 Å². The third kappa shape index (κ3) is 6.34. The minimum absolute atomic E-state index is 0.0310. The summed E-state index contributed by atoms with van der Waals surface area (Å²) < 4.78 is 0. The van der Waals surface area contributed by atoms with Gasteiger partial charge in [-0.25, -0.2) is 0 Å². The number of nitriles is 1. The van der Waals surface area contributed by atoms with Gasteiger partial charge in [0, 0.05) is 30.1 Å². The minimum atomic E-state index is -0.916. The largest absolute Gasteiger partial charge is 0.338 e. The molecule has 7 heteroatoms. The van der Waals surface area contributed by atoms with Crippen LogP contribution >= 0.6 is 0 Å². The number of carbonyl (C=O) groups is 2. The van der Waals surface area contributed by atoms with Crippen molar-refractivity contribution in [2.75, 3.05) is 6.54 Å². The van der Waals surface area contributed by atoms with Gasteiger partial charge in [0.15, 0.2) is 0 Å². The minimum Gasteiger partial charge on any atom is -0.338 e. The maximum atomic E-state index is 13.6. The fourth-order valence-corrected chi connectivity index (χ4v) is 5.12. The van der Waals surface area contributed by atoms with Crippen molar-refractivity contribution < 1.29 is 9.59 Å². The van der Waals surface area contributed by atoms with Gasteiger partial charge in [-0.05, 0) is 41.9 Å². The number of likely N-dealkylation sites (tertiary alicyclic amines) is 1. The summed E-state index contributed by atoms with van der Waals surface area (Å²) in [6.07, 6.45) is 7.70. The monoisotopic (exact) mass is 494 g/mol. The van der Waals surface area contributed by atoms with Crippen molar-refractivity contribution >= 4 is 24.0 Å². The molecule has 1 saturated heterocycles. The lowest BCUT2D eigenvalue weighted by Gasteiger charge is -2.34. The zero-order valence-corrected chi connectivity index (χ0v) is 22.5. The molecule has 2 heterocycles. The molecule has 1 aromatic heterocycles. The van der Waals surface area contributed by atoms with Crippen LogP contribution in [0.25, 0.3) is 12.2 Å². The summed E-state index contributed by atoms with van der Waals surface area (Å²) in [7, 11) is 0. The number of hydrogen-bond donors (Lipinski definition) is 2. The summed E-state index contributed by atoms with van der Waals surface area (Å²) in [5.41, 5.74) is 0.822. The van der Waals surface area contributed by atoms with Crippen LogP contribution in [0.15, 0.2) is 24.0 Å². The van der Waals surface area contributed by atoms with Crippen molar-refractivity contribution in [2.45, 2.75) is 85.2 Å². The molecule has 0 saturated carbocycles. The number of carbonyl (C=O) groups excluding carboxylic acids is 2. The molecule has 4 atom stereocenters. The second-order valence-electron chi connectivity index (χ2n) is 10.5. The molecule has 0 bridgehead atoms. The molecule has 1 aliphatic rings. The Hall–Kier alpha value is -3.14. The van der Waals surface area contributed by atoms with E-state index in [1.165, 1.54) is 6.08 Å². The number of nitrogens with one attached hydrogen (secondary N) is 2. The Morgan fingerprint density at radius 1 is 1.28 bits per heavy atom. The highest BCUT2D eigenvalue weighted by Gasteiger charge is 2.52. The first-order valence-corrected chi connectivity index (χ1v) is 13.1. The maximum Gasteiger partial charge on any atom is 0.251 e. The first-order chi connectivity index (χ1) is 17.0. The SMILES string of the molecule is C=Cc1cc(CC(C#N)NC(=O)C2N(C(=O)C(CCC)CCCC)CC(C)C2(C)C)c(=O)[nH]c1C=C. The van der Waals surface area contributed by atoms with E-state index < -0.39 is 17.5 Å². The van der Waals surface area contributed by atoms with Gasteiger partial charge in [-0.15, -0.1) is 0 Å². The molecule has 1 fully saturated rings. The lowest BCUT2D eigenvalue weighted by molar-refractivity contribution is -0.144. The third-order valence-electron chi connectivity index (χ3n) is 7.68. The van der Waals surface area contributed by atoms with E-state index in [2.05, 4.69) is 50.3 Å². The van der Waals surface area contributed by atoms with Crippen LogP contribution in [0.2, 0.25) is 0 Å². The van der Waals surface area contributed by atoms with E-state index in [-0.39, 0.29) is 35.6 Å². The van der Waals surface area contributed by atoms with Gasteiger partial charge in [0.05, 0.1) is 6.07 Å². The number of nitrogens with zero attached hydrogens (tertiary/aromatic N) is 2. The molecule has 196 valence electrons. The summed E-state index contributed by atoms with van der Waals surface area (Å²) in [4.78, 5) is 44.3. The molecule has 0 spiro atoms.